The zero-order valence-corrected chi connectivity index (χ0v) is 59.3. The highest BCUT2D eigenvalue weighted by atomic mass is 35.5. The van der Waals surface area contributed by atoms with Gasteiger partial charge in [-0.05, 0) is 112 Å². The summed E-state index contributed by atoms with van der Waals surface area (Å²) in [5.41, 5.74) is 2.79. The first-order chi connectivity index (χ1) is 46.0. The predicted molar refractivity (Wildman–Crippen MR) is 371 cm³/mol. The molecule has 22 nitrogen and oxygen atoms in total. The first-order valence-corrected chi connectivity index (χ1v) is 36.0. The van der Waals surface area contributed by atoms with Crippen molar-refractivity contribution >= 4 is 80.5 Å². The summed E-state index contributed by atoms with van der Waals surface area (Å²) in [6.45, 7) is 23.1. The minimum Gasteiger partial charge on any atom is -0.495 e. The number of imide groups is 1. The molecule has 0 aliphatic carbocycles. The first-order valence-electron chi connectivity index (χ1n) is 33.5. The lowest BCUT2D eigenvalue weighted by molar-refractivity contribution is -0.157. The van der Waals surface area contributed by atoms with Crippen molar-refractivity contribution < 1.29 is 66.8 Å². The molecule has 0 bridgehead atoms. The summed E-state index contributed by atoms with van der Waals surface area (Å²) in [6.07, 6.45) is 7.51. The molecule has 0 spiro atoms. The molecule has 2 fully saturated rings. The molecule has 0 unspecified atom stereocenters. The number of piperazine rings is 1. The van der Waals surface area contributed by atoms with Crippen molar-refractivity contribution in [3.8, 4) is 5.75 Å². The molecular formula is C71H99ClN8O14S2. The van der Waals surface area contributed by atoms with Crippen LogP contribution in [0.1, 0.15) is 115 Å². The maximum atomic E-state index is 14.1. The fourth-order valence-corrected chi connectivity index (χ4v) is 13.9. The zero-order valence-electron chi connectivity index (χ0n) is 56.9. The highest BCUT2D eigenvalue weighted by molar-refractivity contribution is 8.77. The van der Waals surface area contributed by atoms with E-state index in [0.29, 0.717) is 94.7 Å². The Hall–Kier alpha value is -6.35. The van der Waals surface area contributed by atoms with Crippen LogP contribution in [0.25, 0.3) is 0 Å². The van der Waals surface area contributed by atoms with Crippen molar-refractivity contribution in [1.82, 2.24) is 41.3 Å². The SMILES string of the molecule is COc1ccc(C[C@H]2NC(=O)/C=C/C[C@@H]([C@H](C)[C@H]3O[C@@H]3c3ccc(CN4CCN(CCC(C)(C)SSc5ccccc5CC(=O)NCCCOCCOCCOCCCNC(=O)CCN5C(=O)C=CC5=O)CC4)cc3)OC(=O)[C@H](CC(C)C)NC(=O)C(C)(C)CNC2=O)cc1Cl. The minimum atomic E-state index is -1.13. The average molecular weight is 1390 g/mol. The Labute approximate surface area is 578 Å². The van der Waals surface area contributed by atoms with Gasteiger partial charge in [0, 0.05) is 119 Å². The van der Waals surface area contributed by atoms with Gasteiger partial charge in [-0.3, -0.25) is 43.4 Å². The van der Waals surface area contributed by atoms with E-state index in [2.05, 4.69) is 80.6 Å². The highest BCUT2D eigenvalue weighted by Gasteiger charge is 2.48. The second-order valence-electron chi connectivity index (χ2n) is 26.5. The Balaban J connectivity index is 0.774. The monoisotopic (exact) mass is 1390 g/mol. The molecule has 4 aliphatic heterocycles. The maximum Gasteiger partial charge on any atom is 0.328 e. The number of epoxide rings is 1. The summed E-state index contributed by atoms with van der Waals surface area (Å²) in [5, 5.41) is 14.8. The van der Waals surface area contributed by atoms with Crippen molar-refractivity contribution in [3.63, 3.8) is 0 Å². The van der Waals surface area contributed by atoms with Gasteiger partial charge in [-0.25, -0.2) is 4.79 Å². The van der Waals surface area contributed by atoms with Crippen molar-refractivity contribution in [2.75, 3.05) is 106 Å². The van der Waals surface area contributed by atoms with Crippen molar-refractivity contribution in [2.24, 2.45) is 17.3 Å². The molecule has 3 aromatic carbocycles. The van der Waals surface area contributed by atoms with Gasteiger partial charge < -0.3 is 59.9 Å². The van der Waals surface area contributed by atoms with Crippen LogP contribution in [0.15, 0.2) is 95.9 Å². The van der Waals surface area contributed by atoms with Crippen molar-refractivity contribution in [1.29, 1.82) is 0 Å². The zero-order chi connectivity index (χ0) is 69.2. The molecule has 0 radical (unpaired) electrons. The van der Waals surface area contributed by atoms with Gasteiger partial charge >= 0.3 is 5.97 Å². The van der Waals surface area contributed by atoms with Gasteiger partial charge in [-0.2, -0.15) is 0 Å². The Morgan fingerprint density at radius 3 is 2.06 bits per heavy atom. The molecule has 2 saturated heterocycles. The van der Waals surface area contributed by atoms with Gasteiger partial charge in [0.25, 0.3) is 11.8 Å². The van der Waals surface area contributed by atoms with E-state index >= 15 is 0 Å². The third-order valence-electron chi connectivity index (χ3n) is 17.1. The largest absolute Gasteiger partial charge is 0.495 e. The quantitative estimate of drug-likeness (QED) is 0.0127. The van der Waals surface area contributed by atoms with Crippen LogP contribution in [0.4, 0.5) is 0 Å². The number of benzene rings is 3. The Kier molecular flexibility index (Phi) is 31.0. The second kappa shape index (κ2) is 38.7. The second-order valence-corrected chi connectivity index (χ2v) is 29.7. The number of methoxy groups -OCH3 is 1. The number of hydrogen-bond donors (Lipinski definition) is 5. The Bertz CT molecular complexity index is 3130. The van der Waals surface area contributed by atoms with Crippen LogP contribution < -0.4 is 31.3 Å². The fraction of sp³-hybridized carbons (Fsp3) is 0.577. The fourth-order valence-electron chi connectivity index (χ4n) is 11.1. The van der Waals surface area contributed by atoms with Crippen LogP contribution in [-0.2, 0) is 81.4 Å². The highest BCUT2D eigenvalue weighted by Crippen LogP contribution is 2.46. The van der Waals surface area contributed by atoms with Crippen LogP contribution in [0.5, 0.6) is 5.75 Å². The van der Waals surface area contributed by atoms with Gasteiger partial charge in [0.1, 0.15) is 30.0 Å². The number of esters is 1. The third kappa shape index (κ3) is 25.8. The van der Waals surface area contributed by atoms with E-state index in [1.165, 1.54) is 30.9 Å². The summed E-state index contributed by atoms with van der Waals surface area (Å²) >= 11 is 6.42. The number of halogens is 1. The smallest absolute Gasteiger partial charge is 0.328 e. The van der Waals surface area contributed by atoms with E-state index in [1.54, 1.807) is 48.9 Å². The van der Waals surface area contributed by atoms with E-state index < -0.39 is 59.1 Å². The van der Waals surface area contributed by atoms with Crippen LogP contribution in [0.3, 0.4) is 0 Å². The molecule has 5 N–H and O–H groups in total. The molecule has 526 valence electrons. The maximum absolute atomic E-state index is 14.1. The number of carbonyl (C=O) groups excluding carboxylic acids is 8. The van der Waals surface area contributed by atoms with Crippen LogP contribution in [0.2, 0.25) is 5.02 Å². The molecule has 96 heavy (non-hydrogen) atoms. The molecular weight excluding hydrogens is 1290 g/mol. The summed E-state index contributed by atoms with van der Waals surface area (Å²) in [5.74, 6) is -2.82. The molecule has 4 aliphatic rings. The molecule has 0 saturated carbocycles. The lowest BCUT2D eigenvalue weighted by Gasteiger charge is -2.36. The number of carbonyl (C=O) groups is 8. The number of cyclic esters (lactones) is 1. The third-order valence-corrected chi connectivity index (χ3v) is 20.9. The Morgan fingerprint density at radius 2 is 1.41 bits per heavy atom. The van der Waals surface area contributed by atoms with Gasteiger partial charge in [0.2, 0.25) is 29.5 Å². The summed E-state index contributed by atoms with van der Waals surface area (Å²) in [6, 6.07) is 19.9. The molecule has 0 aromatic heterocycles. The van der Waals surface area contributed by atoms with Gasteiger partial charge in [0.05, 0.1) is 56.5 Å². The standard InChI is InChI=1S/C71H99ClN8O14S2/c1-48(2)42-56-68(87)93-57(15-11-17-61(82)76-55(44-51-20-23-58(89-8)54(72)43-51)67(86)75-47-70(4,5)69(88)77-56)49(3)65-66(94-65)52-21-18-50(19-22-52)46-79-34-32-78(33-35-79)31-27-71(6,7)96-95-59-16-10-9-14-53(59)45-62(83)74-29-13-37-91-39-41-92-40-38-90-36-12-28-73-60(81)26-30-80-63(84)24-25-64(80)85/h9-11,14,16-25,43,48-49,55-57,65-66H,12-13,15,26-42,44-47H2,1-8H3,(H,73,81)(H,74,83)(H,75,86)(H,76,82)(H,77,88)/b17-11+/t49-,55+,56-,57-,65+,66+/m0/s1. The first kappa shape index (κ1) is 77.0. The summed E-state index contributed by atoms with van der Waals surface area (Å²) in [4.78, 5) is 111. The predicted octanol–water partition coefficient (Wildman–Crippen LogP) is 7.34. The van der Waals surface area contributed by atoms with Gasteiger partial charge in [0.15, 0.2) is 0 Å². The van der Waals surface area contributed by atoms with E-state index in [4.69, 9.17) is 40.0 Å². The van der Waals surface area contributed by atoms with Gasteiger partial charge in [-0.15, -0.1) is 0 Å². The minimum absolute atomic E-state index is 0.00885. The molecule has 25 heteroatoms. The normalized spacial score (nSPS) is 21.3. The number of ether oxygens (including phenoxy) is 6. The molecule has 6 atom stereocenters. The number of nitrogens with one attached hydrogen (secondary N) is 5. The van der Waals surface area contributed by atoms with Crippen LogP contribution in [0, 0.1) is 17.3 Å². The van der Waals surface area contributed by atoms with Crippen molar-refractivity contribution in [3.05, 3.63) is 118 Å². The number of amides is 7. The van der Waals surface area contributed by atoms with Crippen LogP contribution in [-0.4, -0.2) is 197 Å². The Morgan fingerprint density at radius 1 is 0.771 bits per heavy atom. The summed E-state index contributed by atoms with van der Waals surface area (Å²) < 4.78 is 34.7. The van der Waals surface area contributed by atoms with Crippen molar-refractivity contribution in [2.45, 2.75) is 146 Å². The molecule has 4 heterocycles. The van der Waals surface area contributed by atoms with Gasteiger partial charge in [-0.1, -0.05) is 109 Å². The number of rotatable bonds is 35. The molecule has 7 amide bonds. The lowest BCUT2D eigenvalue weighted by Crippen LogP contribution is -2.54. The summed E-state index contributed by atoms with van der Waals surface area (Å²) in [7, 11) is 5.09. The topological polar surface area (TPSA) is 265 Å². The van der Waals surface area contributed by atoms with E-state index in [-0.39, 0.29) is 73.0 Å². The van der Waals surface area contributed by atoms with Crippen LogP contribution >= 0.6 is 33.2 Å². The van der Waals surface area contributed by atoms with E-state index in [9.17, 15) is 38.4 Å². The lowest BCUT2D eigenvalue weighted by atomic mass is 9.90. The number of nitrogens with zero attached hydrogens (tertiary/aromatic N) is 3. The molecule has 3 aromatic rings. The number of hydrogen-bond acceptors (Lipinski definition) is 18. The van der Waals surface area contributed by atoms with E-state index in [1.807, 2.05) is 49.8 Å². The average Bonchev–Trinajstić information content (AvgIpc) is 1.63. The molecule has 7 rings (SSSR count). The van der Waals surface area contributed by atoms with E-state index in [0.717, 1.165) is 66.6 Å².